The first-order valence-corrected chi connectivity index (χ1v) is 5.19. The Balaban J connectivity index is 2.63. The number of hydrogen-bond acceptors (Lipinski definition) is 3. The van der Waals surface area contributed by atoms with E-state index in [4.69, 9.17) is 10.5 Å². The monoisotopic (exact) mass is 272 g/mol. The van der Waals surface area contributed by atoms with Crippen LogP contribution in [-0.2, 0) is 0 Å². The predicted octanol–water partition coefficient (Wildman–Crippen LogP) is 2.38. The first kappa shape index (κ1) is 10.4. The third-order valence-electron chi connectivity index (χ3n) is 2.07. The zero-order valence-corrected chi connectivity index (χ0v) is 9.64. The molecular weight excluding hydrogens is 268 g/mol. The summed E-state index contributed by atoms with van der Waals surface area (Å²) in [7, 11) is 0. The van der Waals surface area contributed by atoms with Gasteiger partial charge in [-0.25, -0.2) is 4.98 Å². The Morgan fingerprint density at radius 1 is 1.25 bits per heavy atom. The molecule has 0 amide bonds. The number of halogens is 1. The second-order valence-electron chi connectivity index (χ2n) is 3.02. The van der Waals surface area contributed by atoms with Crippen LogP contribution < -0.4 is 0 Å². The van der Waals surface area contributed by atoms with E-state index in [1.807, 2.05) is 36.4 Å². The van der Waals surface area contributed by atoms with E-state index in [1.165, 1.54) is 6.33 Å². The number of nitriles is 2. The molecule has 16 heavy (non-hydrogen) atoms. The molecule has 0 saturated carbocycles. The zero-order valence-electron chi connectivity index (χ0n) is 8.05. The first-order valence-electron chi connectivity index (χ1n) is 4.39. The van der Waals surface area contributed by atoms with Gasteiger partial charge in [0, 0.05) is 10.2 Å². The molecule has 0 aliphatic heterocycles. The van der Waals surface area contributed by atoms with E-state index < -0.39 is 0 Å². The van der Waals surface area contributed by atoms with Crippen molar-refractivity contribution in [2.75, 3.05) is 0 Å². The van der Waals surface area contributed by atoms with E-state index in [1.54, 1.807) is 4.57 Å². The average Bonchev–Trinajstić information content (AvgIpc) is 2.71. The van der Waals surface area contributed by atoms with Crippen LogP contribution in [-0.4, -0.2) is 9.55 Å². The molecule has 2 rings (SSSR count). The highest BCUT2D eigenvalue weighted by atomic mass is 79.9. The largest absolute Gasteiger partial charge is 0.289 e. The second kappa shape index (κ2) is 4.18. The highest BCUT2D eigenvalue weighted by Gasteiger charge is 2.11. The number of rotatable bonds is 1. The second-order valence-corrected chi connectivity index (χ2v) is 3.93. The van der Waals surface area contributed by atoms with E-state index in [2.05, 4.69) is 20.9 Å². The zero-order chi connectivity index (χ0) is 11.5. The molecule has 76 valence electrons. The van der Waals surface area contributed by atoms with Crippen molar-refractivity contribution in [3.63, 3.8) is 0 Å². The third-order valence-corrected chi connectivity index (χ3v) is 2.56. The van der Waals surface area contributed by atoms with E-state index in [-0.39, 0.29) is 11.4 Å². The number of nitrogens with zero attached hydrogens (tertiary/aromatic N) is 4. The minimum absolute atomic E-state index is 0.141. The lowest BCUT2D eigenvalue weighted by Gasteiger charge is -2.03. The summed E-state index contributed by atoms with van der Waals surface area (Å²) in [4.78, 5) is 3.88. The lowest BCUT2D eigenvalue weighted by atomic mass is 10.3. The Hall–Kier alpha value is -2.11. The summed E-state index contributed by atoms with van der Waals surface area (Å²) in [6, 6.07) is 11.3. The number of benzene rings is 1. The summed E-state index contributed by atoms with van der Waals surface area (Å²) < 4.78 is 2.49. The first-order chi connectivity index (χ1) is 7.76. The average molecular weight is 273 g/mol. The van der Waals surface area contributed by atoms with Crippen molar-refractivity contribution in [3.05, 3.63) is 46.5 Å². The topological polar surface area (TPSA) is 65.4 Å². The molecule has 0 aliphatic carbocycles. The quantitative estimate of drug-likeness (QED) is 0.801. The maximum Gasteiger partial charge on any atom is 0.177 e. The molecule has 1 heterocycles. The Kier molecular flexibility index (Phi) is 2.72. The van der Waals surface area contributed by atoms with Gasteiger partial charge in [0.15, 0.2) is 11.4 Å². The Labute approximate surface area is 101 Å². The fraction of sp³-hybridized carbons (Fsp3) is 0. The molecule has 0 unspecified atom stereocenters. The molecule has 1 aromatic heterocycles. The Bertz CT molecular complexity index is 616. The van der Waals surface area contributed by atoms with Gasteiger partial charge in [-0.3, -0.25) is 4.57 Å². The van der Waals surface area contributed by atoms with Gasteiger partial charge in [0.1, 0.15) is 18.5 Å². The molecule has 0 aliphatic rings. The van der Waals surface area contributed by atoms with Gasteiger partial charge < -0.3 is 0 Å². The minimum Gasteiger partial charge on any atom is -0.289 e. The van der Waals surface area contributed by atoms with Crippen molar-refractivity contribution in [2.24, 2.45) is 0 Å². The van der Waals surface area contributed by atoms with Crippen LogP contribution in [0.5, 0.6) is 0 Å². The van der Waals surface area contributed by atoms with Gasteiger partial charge in [-0.1, -0.05) is 22.0 Å². The van der Waals surface area contributed by atoms with Crippen LogP contribution in [0.1, 0.15) is 11.4 Å². The molecular formula is C11H5BrN4. The van der Waals surface area contributed by atoms with Gasteiger partial charge in [0.25, 0.3) is 0 Å². The van der Waals surface area contributed by atoms with Crippen LogP contribution in [0, 0.1) is 22.7 Å². The van der Waals surface area contributed by atoms with Crippen LogP contribution >= 0.6 is 15.9 Å². The van der Waals surface area contributed by atoms with E-state index >= 15 is 0 Å². The molecule has 0 bridgehead atoms. The van der Waals surface area contributed by atoms with Crippen LogP contribution in [0.4, 0.5) is 0 Å². The summed E-state index contributed by atoms with van der Waals surface area (Å²) >= 11 is 3.35. The van der Waals surface area contributed by atoms with Gasteiger partial charge in [-0.2, -0.15) is 10.5 Å². The lowest BCUT2D eigenvalue weighted by Crippen LogP contribution is -1.96. The summed E-state index contributed by atoms with van der Waals surface area (Å²) in [5.41, 5.74) is 1.18. The maximum absolute atomic E-state index is 8.98. The molecule has 1 aromatic carbocycles. The fourth-order valence-corrected chi connectivity index (χ4v) is 1.75. The lowest BCUT2D eigenvalue weighted by molar-refractivity contribution is 1.03. The van der Waals surface area contributed by atoms with Crippen molar-refractivity contribution >= 4 is 15.9 Å². The van der Waals surface area contributed by atoms with Gasteiger partial charge in [-0.15, -0.1) is 0 Å². The Morgan fingerprint density at radius 3 is 2.69 bits per heavy atom. The van der Waals surface area contributed by atoms with Crippen molar-refractivity contribution in [2.45, 2.75) is 0 Å². The SMILES string of the molecule is N#Cc1ncn(-c2cccc(Br)c2)c1C#N. The minimum atomic E-state index is 0.141. The van der Waals surface area contributed by atoms with Gasteiger partial charge in [0.2, 0.25) is 0 Å². The molecule has 0 fully saturated rings. The highest BCUT2D eigenvalue weighted by Crippen LogP contribution is 2.18. The number of aromatic nitrogens is 2. The molecule has 0 spiro atoms. The molecule has 0 radical (unpaired) electrons. The number of imidazole rings is 1. The maximum atomic E-state index is 8.98. The summed E-state index contributed by atoms with van der Waals surface area (Å²) in [5.74, 6) is 0. The van der Waals surface area contributed by atoms with E-state index in [9.17, 15) is 0 Å². The van der Waals surface area contributed by atoms with Crippen molar-refractivity contribution < 1.29 is 0 Å². The molecule has 0 N–H and O–H groups in total. The van der Waals surface area contributed by atoms with Gasteiger partial charge in [0.05, 0.1) is 0 Å². The summed E-state index contributed by atoms with van der Waals surface area (Å²) in [6.45, 7) is 0. The third kappa shape index (κ3) is 1.69. The van der Waals surface area contributed by atoms with Gasteiger partial charge in [-0.05, 0) is 18.2 Å². The molecule has 4 nitrogen and oxygen atoms in total. The molecule has 2 aromatic rings. The van der Waals surface area contributed by atoms with Crippen LogP contribution in [0.2, 0.25) is 0 Å². The van der Waals surface area contributed by atoms with Crippen molar-refractivity contribution in [1.29, 1.82) is 10.5 Å². The molecule has 0 saturated heterocycles. The molecule has 5 heteroatoms. The summed E-state index contributed by atoms with van der Waals surface area (Å²) in [5, 5.41) is 17.8. The van der Waals surface area contributed by atoms with E-state index in [0.717, 1.165) is 10.2 Å². The van der Waals surface area contributed by atoms with E-state index in [0.29, 0.717) is 0 Å². The number of hydrogen-bond donors (Lipinski definition) is 0. The molecule has 0 atom stereocenters. The van der Waals surface area contributed by atoms with Crippen LogP contribution in [0.15, 0.2) is 35.1 Å². The van der Waals surface area contributed by atoms with Crippen LogP contribution in [0.3, 0.4) is 0 Å². The standard InChI is InChI=1S/C11H5BrN4/c12-8-2-1-3-9(4-8)16-7-15-10(5-13)11(16)6-14/h1-4,7H. The van der Waals surface area contributed by atoms with Crippen molar-refractivity contribution in [3.8, 4) is 17.8 Å². The highest BCUT2D eigenvalue weighted by molar-refractivity contribution is 9.10. The predicted molar refractivity (Wildman–Crippen MR) is 60.7 cm³/mol. The van der Waals surface area contributed by atoms with Crippen LogP contribution in [0.25, 0.3) is 5.69 Å². The summed E-state index contributed by atoms with van der Waals surface area (Å²) in [6.07, 6.45) is 1.47. The Morgan fingerprint density at radius 2 is 2.06 bits per heavy atom. The van der Waals surface area contributed by atoms with Crippen molar-refractivity contribution in [1.82, 2.24) is 9.55 Å². The van der Waals surface area contributed by atoms with Gasteiger partial charge >= 0.3 is 0 Å². The fourth-order valence-electron chi connectivity index (χ4n) is 1.36. The smallest absolute Gasteiger partial charge is 0.177 e. The normalized spacial score (nSPS) is 9.44.